The third kappa shape index (κ3) is 4.51. The van der Waals surface area contributed by atoms with Gasteiger partial charge in [0.05, 0.1) is 11.8 Å². The highest BCUT2D eigenvalue weighted by Gasteiger charge is 2.10. The molecular formula is C14H14ClN3OS. The third-order valence-electron chi connectivity index (χ3n) is 2.62. The maximum absolute atomic E-state index is 11.9. The van der Waals surface area contributed by atoms with Gasteiger partial charge in [-0.25, -0.2) is 9.97 Å². The van der Waals surface area contributed by atoms with E-state index < -0.39 is 0 Å². The number of nitrogens with one attached hydrogen (secondary N) is 1. The van der Waals surface area contributed by atoms with Crippen molar-refractivity contribution in [1.29, 1.82) is 0 Å². The second-order valence-corrected chi connectivity index (χ2v) is 5.54. The molecular weight excluding hydrogens is 294 g/mol. The molecule has 20 heavy (non-hydrogen) atoms. The van der Waals surface area contributed by atoms with Crippen LogP contribution in [0, 0.1) is 0 Å². The summed E-state index contributed by atoms with van der Waals surface area (Å²) in [5.74, 6) is 0.243. The van der Waals surface area contributed by atoms with Crippen LogP contribution in [0.3, 0.4) is 0 Å². The van der Waals surface area contributed by atoms with Crippen molar-refractivity contribution in [2.24, 2.45) is 0 Å². The Bertz CT molecular complexity index is 562. The number of carbonyl (C=O) groups excluding carboxylic acids is 1. The Labute approximate surface area is 127 Å². The molecule has 0 bridgehead atoms. The van der Waals surface area contributed by atoms with Crippen LogP contribution in [0.1, 0.15) is 18.5 Å². The molecule has 6 heteroatoms. The Hall–Kier alpha value is -1.59. The lowest BCUT2D eigenvalue weighted by Crippen LogP contribution is -2.28. The van der Waals surface area contributed by atoms with Gasteiger partial charge in [0.2, 0.25) is 5.91 Å². The quantitative estimate of drug-likeness (QED) is 0.681. The fourth-order valence-electron chi connectivity index (χ4n) is 1.61. The minimum Gasteiger partial charge on any atom is -0.349 e. The summed E-state index contributed by atoms with van der Waals surface area (Å²) in [7, 11) is 0. The van der Waals surface area contributed by atoms with E-state index in [9.17, 15) is 4.79 Å². The number of benzene rings is 1. The Balaban J connectivity index is 1.83. The van der Waals surface area contributed by atoms with Crippen LogP contribution in [0.5, 0.6) is 0 Å². The van der Waals surface area contributed by atoms with E-state index in [4.69, 9.17) is 11.6 Å². The normalized spacial score (nSPS) is 11.9. The van der Waals surface area contributed by atoms with Crippen molar-refractivity contribution in [2.75, 3.05) is 5.75 Å². The molecule has 1 aromatic heterocycles. The van der Waals surface area contributed by atoms with Crippen LogP contribution in [0.4, 0.5) is 0 Å². The lowest BCUT2D eigenvalue weighted by molar-refractivity contribution is -0.119. The summed E-state index contributed by atoms with van der Waals surface area (Å²) in [4.78, 5) is 20.0. The molecule has 2 aromatic rings. The molecule has 0 radical (unpaired) electrons. The van der Waals surface area contributed by atoms with Crippen molar-refractivity contribution in [3.8, 4) is 0 Å². The first-order valence-corrected chi connectivity index (χ1v) is 7.46. The van der Waals surface area contributed by atoms with Gasteiger partial charge in [0.15, 0.2) is 5.16 Å². The molecule has 0 unspecified atom stereocenters. The van der Waals surface area contributed by atoms with Gasteiger partial charge in [0.1, 0.15) is 0 Å². The van der Waals surface area contributed by atoms with Gasteiger partial charge >= 0.3 is 0 Å². The standard InChI is InChI=1S/C14H14ClN3OS/c1-10(11-3-5-12(15)6-4-11)18-13(19)9-20-14-16-7-2-8-17-14/h2-8,10H,9H2,1H3,(H,18,19)/t10-/m1/s1. The fourth-order valence-corrected chi connectivity index (χ4v) is 2.35. The predicted molar refractivity (Wildman–Crippen MR) is 80.8 cm³/mol. The van der Waals surface area contributed by atoms with Gasteiger partial charge in [-0.15, -0.1) is 0 Å². The van der Waals surface area contributed by atoms with Crippen LogP contribution >= 0.6 is 23.4 Å². The van der Waals surface area contributed by atoms with E-state index in [1.165, 1.54) is 11.8 Å². The highest BCUT2D eigenvalue weighted by molar-refractivity contribution is 7.99. The van der Waals surface area contributed by atoms with Gasteiger partial charge in [0, 0.05) is 17.4 Å². The van der Waals surface area contributed by atoms with E-state index in [0.29, 0.717) is 15.9 Å². The van der Waals surface area contributed by atoms with Gasteiger partial charge in [-0.05, 0) is 30.7 Å². The minimum atomic E-state index is -0.0583. The SMILES string of the molecule is C[C@@H](NC(=O)CSc1ncccn1)c1ccc(Cl)cc1. The van der Waals surface area contributed by atoms with Gasteiger partial charge in [-0.3, -0.25) is 4.79 Å². The number of nitrogens with zero attached hydrogens (tertiary/aromatic N) is 2. The van der Waals surface area contributed by atoms with Crippen LogP contribution in [0.15, 0.2) is 47.9 Å². The molecule has 4 nitrogen and oxygen atoms in total. The summed E-state index contributed by atoms with van der Waals surface area (Å²) < 4.78 is 0. The molecule has 1 aromatic carbocycles. The van der Waals surface area contributed by atoms with Gasteiger partial charge in [-0.1, -0.05) is 35.5 Å². The smallest absolute Gasteiger partial charge is 0.230 e. The third-order valence-corrected chi connectivity index (χ3v) is 3.75. The number of rotatable bonds is 5. The van der Waals surface area contributed by atoms with Crippen LogP contribution in [-0.2, 0) is 4.79 Å². The van der Waals surface area contributed by atoms with E-state index in [2.05, 4.69) is 15.3 Å². The highest BCUT2D eigenvalue weighted by atomic mass is 35.5. The van der Waals surface area contributed by atoms with Gasteiger partial charge in [0.25, 0.3) is 0 Å². The first-order chi connectivity index (χ1) is 9.65. The summed E-state index contributed by atoms with van der Waals surface area (Å²) in [6, 6.07) is 9.11. The van der Waals surface area contributed by atoms with Crippen molar-refractivity contribution in [3.63, 3.8) is 0 Å². The number of hydrogen-bond donors (Lipinski definition) is 1. The van der Waals surface area contributed by atoms with Crippen molar-refractivity contribution in [3.05, 3.63) is 53.3 Å². The lowest BCUT2D eigenvalue weighted by atomic mass is 10.1. The number of carbonyl (C=O) groups is 1. The van der Waals surface area contributed by atoms with E-state index in [-0.39, 0.29) is 11.9 Å². The number of aromatic nitrogens is 2. The lowest BCUT2D eigenvalue weighted by Gasteiger charge is -2.14. The molecule has 1 heterocycles. The Morgan fingerprint density at radius 3 is 2.60 bits per heavy atom. The molecule has 0 fully saturated rings. The summed E-state index contributed by atoms with van der Waals surface area (Å²) >= 11 is 7.15. The van der Waals surface area contributed by atoms with Crippen molar-refractivity contribution >= 4 is 29.3 Å². The van der Waals surface area contributed by atoms with E-state index in [1.807, 2.05) is 31.2 Å². The largest absolute Gasteiger partial charge is 0.349 e. The van der Waals surface area contributed by atoms with Gasteiger partial charge < -0.3 is 5.32 Å². The summed E-state index contributed by atoms with van der Waals surface area (Å²) in [6.07, 6.45) is 3.31. The summed E-state index contributed by atoms with van der Waals surface area (Å²) in [5, 5.41) is 4.21. The van der Waals surface area contributed by atoms with E-state index in [0.717, 1.165) is 5.56 Å². The molecule has 0 spiro atoms. The monoisotopic (exact) mass is 307 g/mol. The maximum atomic E-state index is 11.9. The van der Waals surface area contributed by atoms with Crippen molar-refractivity contribution in [1.82, 2.24) is 15.3 Å². The van der Waals surface area contributed by atoms with Crippen molar-refractivity contribution < 1.29 is 4.79 Å². The van der Waals surface area contributed by atoms with Gasteiger partial charge in [-0.2, -0.15) is 0 Å². The van der Waals surface area contributed by atoms with Crippen LogP contribution in [0.2, 0.25) is 5.02 Å². The zero-order valence-electron chi connectivity index (χ0n) is 10.9. The molecule has 0 aliphatic heterocycles. The zero-order chi connectivity index (χ0) is 14.4. The first kappa shape index (κ1) is 14.8. The number of hydrogen-bond acceptors (Lipinski definition) is 4. The van der Waals surface area contributed by atoms with E-state index in [1.54, 1.807) is 18.5 Å². The van der Waals surface area contributed by atoms with E-state index >= 15 is 0 Å². The zero-order valence-corrected chi connectivity index (χ0v) is 12.5. The van der Waals surface area contributed by atoms with Crippen molar-refractivity contribution in [2.45, 2.75) is 18.1 Å². The number of halogens is 1. The Kier molecular flexibility index (Phi) is 5.38. The maximum Gasteiger partial charge on any atom is 0.230 e. The molecule has 104 valence electrons. The Morgan fingerprint density at radius 2 is 1.95 bits per heavy atom. The number of amides is 1. The highest BCUT2D eigenvalue weighted by Crippen LogP contribution is 2.17. The molecule has 1 N–H and O–H groups in total. The van der Waals surface area contributed by atoms with Crippen LogP contribution in [0.25, 0.3) is 0 Å². The fraction of sp³-hybridized carbons (Fsp3) is 0.214. The van der Waals surface area contributed by atoms with Crippen LogP contribution < -0.4 is 5.32 Å². The molecule has 1 amide bonds. The Morgan fingerprint density at radius 1 is 1.30 bits per heavy atom. The molecule has 0 aliphatic rings. The average Bonchev–Trinajstić information content (AvgIpc) is 2.47. The minimum absolute atomic E-state index is 0.0510. The molecule has 0 saturated carbocycles. The van der Waals surface area contributed by atoms with Crippen LogP contribution in [-0.4, -0.2) is 21.6 Å². The summed E-state index contributed by atoms with van der Waals surface area (Å²) in [5.41, 5.74) is 1.02. The number of thioether (sulfide) groups is 1. The molecule has 2 rings (SSSR count). The molecule has 0 aliphatic carbocycles. The molecule has 1 atom stereocenters. The first-order valence-electron chi connectivity index (χ1n) is 6.10. The molecule has 0 saturated heterocycles. The predicted octanol–water partition coefficient (Wildman–Crippen LogP) is 3.10. The second kappa shape index (κ2) is 7.26. The second-order valence-electron chi connectivity index (χ2n) is 4.16. The average molecular weight is 308 g/mol. The summed E-state index contributed by atoms with van der Waals surface area (Å²) in [6.45, 7) is 1.94. The topological polar surface area (TPSA) is 54.9 Å².